The van der Waals surface area contributed by atoms with Gasteiger partial charge in [0.05, 0.1) is 5.56 Å². The molecule has 0 radical (unpaired) electrons. The van der Waals surface area contributed by atoms with Crippen LogP contribution in [0.2, 0.25) is 0 Å². The number of rotatable bonds is 4. The number of aromatic amines is 1. The zero-order valence-corrected chi connectivity index (χ0v) is 13.7. The van der Waals surface area contributed by atoms with Crippen molar-refractivity contribution in [1.29, 1.82) is 0 Å². The van der Waals surface area contributed by atoms with Gasteiger partial charge in [-0.1, -0.05) is 24.3 Å². The highest BCUT2D eigenvalue weighted by Crippen LogP contribution is 2.29. The maximum Gasteiger partial charge on any atom is 0.417 e. The third kappa shape index (κ3) is 4.55. The van der Waals surface area contributed by atoms with Gasteiger partial charge >= 0.3 is 6.18 Å². The third-order valence-corrected chi connectivity index (χ3v) is 3.55. The first-order valence-corrected chi connectivity index (χ1v) is 7.77. The van der Waals surface area contributed by atoms with E-state index in [2.05, 4.69) is 5.32 Å². The van der Waals surface area contributed by atoms with E-state index in [9.17, 15) is 22.8 Å². The summed E-state index contributed by atoms with van der Waals surface area (Å²) in [5, 5.41) is 2.19. The van der Waals surface area contributed by atoms with Crippen molar-refractivity contribution in [1.82, 2.24) is 4.98 Å². The van der Waals surface area contributed by atoms with Gasteiger partial charge in [-0.15, -0.1) is 0 Å². The molecule has 0 aliphatic rings. The van der Waals surface area contributed by atoms with E-state index < -0.39 is 28.9 Å². The smallest absolute Gasteiger partial charge is 0.417 e. The molecule has 138 valence electrons. The van der Waals surface area contributed by atoms with Gasteiger partial charge in [0.1, 0.15) is 17.2 Å². The maximum atomic E-state index is 12.8. The molecule has 0 bridgehead atoms. The highest BCUT2D eigenvalue weighted by atomic mass is 19.4. The van der Waals surface area contributed by atoms with Crippen LogP contribution in [-0.4, -0.2) is 10.9 Å². The second-order valence-corrected chi connectivity index (χ2v) is 5.53. The van der Waals surface area contributed by atoms with Gasteiger partial charge in [-0.05, 0) is 36.4 Å². The molecule has 0 spiro atoms. The molecule has 27 heavy (non-hydrogen) atoms. The highest BCUT2D eigenvalue weighted by Gasteiger charge is 2.31. The van der Waals surface area contributed by atoms with Crippen molar-refractivity contribution in [2.75, 3.05) is 5.32 Å². The second kappa shape index (κ2) is 7.36. The monoisotopic (exact) mass is 374 g/mol. The molecular weight excluding hydrogens is 361 g/mol. The Balaban J connectivity index is 1.81. The molecule has 0 atom stereocenters. The largest absolute Gasteiger partial charge is 0.457 e. The number of anilines is 1. The molecule has 0 saturated carbocycles. The predicted octanol–water partition coefficient (Wildman–Crippen LogP) is 4.44. The summed E-state index contributed by atoms with van der Waals surface area (Å²) in [6.45, 7) is 0. The van der Waals surface area contributed by atoms with Crippen LogP contribution in [0, 0.1) is 0 Å². The fourth-order valence-corrected chi connectivity index (χ4v) is 2.26. The second-order valence-electron chi connectivity index (χ2n) is 5.53. The van der Waals surface area contributed by atoms with E-state index in [1.54, 1.807) is 36.4 Å². The summed E-state index contributed by atoms with van der Waals surface area (Å²) >= 11 is 0. The number of pyridine rings is 1. The lowest BCUT2D eigenvalue weighted by Gasteiger charge is -2.10. The predicted molar refractivity (Wildman–Crippen MR) is 93.0 cm³/mol. The summed E-state index contributed by atoms with van der Waals surface area (Å²) in [5.74, 6) is 0.189. The van der Waals surface area contributed by atoms with Gasteiger partial charge in [0.2, 0.25) is 0 Å². The number of H-pyrrole nitrogens is 1. The van der Waals surface area contributed by atoms with Crippen LogP contribution in [0.4, 0.5) is 18.9 Å². The Labute approximate surface area is 151 Å². The number of hydrogen-bond acceptors (Lipinski definition) is 3. The summed E-state index contributed by atoms with van der Waals surface area (Å²) in [4.78, 5) is 26.0. The van der Waals surface area contributed by atoms with Gasteiger partial charge < -0.3 is 15.0 Å². The molecule has 0 unspecified atom stereocenters. The van der Waals surface area contributed by atoms with Crippen molar-refractivity contribution in [2.24, 2.45) is 0 Å². The zero-order chi connectivity index (χ0) is 19.4. The lowest BCUT2D eigenvalue weighted by molar-refractivity contribution is -0.137. The highest BCUT2D eigenvalue weighted by molar-refractivity contribution is 6.04. The lowest BCUT2D eigenvalue weighted by Crippen LogP contribution is -2.21. The number of alkyl halides is 3. The minimum atomic E-state index is -4.65. The van der Waals surface area contributed by atoms with Gasteiger partial charge in [0.25, 0.3) is 11.5 Å². The molecule has 2 N–H and O–H groups in total. The summed E-state index contributed by atoms with van der Waals surface area (Å²) < 4.78 is 43.9. The van der Waals surface area contributed by atoms with Crippen LogP contribution in [0.5, 0.6) is 11.5 Å². The van der Waals surface area contributed by atoms with Crippen LogP contribution >= 0.6 is 0 Å². The average Bonchev–Trinajstić information content (AvgIpc) is 2.63. The standard InChI is InChI=1S/C19H13F3N2O3/c20-19(21,22)13-10-16(18(26)23-11-13)24-17(25)12-5-4-8-15(9-12)27-14-6-2-1-3-7-14/h1-11H,(H,23,26)(H,24,25). The van der Waals surface area contributed by atoms with E-state index >= 15 is 0 Å². The molecule has 3 aromatic rings. The number of aromatic nitrogens is 1. The fourth-order valence-electron chi connectivity index (χ4n) is 2.26. The minimum Gasteiger partial charge on any atom is -0.457 e. The first-order chi connectivity index (χ1) is 12.8. The molecule has 0 fully saturated rings. The molecule has 1 aromatic heterocycles. The number of amides is 1. The number of nitrogens with one attached hydrogen (secondary N) is 2. The third-order valence-electron chi connectivity index (χ3n) is 3.55. The van der Waals surface area contributed by atoms with Gasteiger partial charge in [0, 0.05) is 11.8 Å². The van der Waals surface area contributed by atoms with E-state index in [-0.39, 0.29) is 5.56 Å². The Morgan fingerprint density at radius 1 is 0.963 bits per heavy atom. The molecule has 3 rings (SSSR count). The number of halogens is 3. The Hall–Kier alpha value is -3.55. The number of carbonyl (C=O) groups excluding carboxylic acids is 1. The van der Waals surface area contributed by atoms with E-state index in [0.717, 1.165) is 0 Å². The Morgan fingerprint density at radius 3 is 2.37 bits per heavy atom. The van der Waals surface area contributed by atoms with Gasteiger partial charge in [-0.3, -0.25) is 9.59 Å². The van der Waals surface area contributed by atoms with Crippen LogP contribution in [0.15, 0.2) is 71.7 Å². The van der Waals surface area contributed by atoms with E-state index in [1.165, 1.54) is 12.1 Å². The van der Waals surface area contributed by atoms with Crippen LogP contribution in [0.3, 0.4) is 0 Å². The average molecular weight is 374 g/mol. The van der Waals surface area contributed by atoms with E-state index in [4.69, 9.17) is 4.74 Å². The molecule has 2 aromatic carbocycles. The van der Waals surface area contributed by atoms with Gasteiger partial charge in [0.15, 0.2) is 0 Å². The number of carbonyl (C=O) groups is 1. The van der Waals surface area contributed by atoms with Crippen molar-refractivity contribution in [2.45, 2.75) is 6.18 Å². The molecule has 0 aliphatic carbocycles. The normalized spacial score (nSPS) is 11.1. The van der Waals surface area contributed by atoms with Crippen molar-refractivity contribution < 1.29 is 22.7 Å². The Bertz CT molecular complexity index is 1010. The van der Waals surface area contributed by atoms with Crippen molar-refractivity contribution in [3.8, 4) is 11.5 Å². The zero-order valence-electron chi connectivity index (χ0n) is 13.7. The van der Waals surface area contributed by atoms with Crippen LogP contribution in [0.25, 0.3) is 0 Å². The van der Waals surface area contributed by atoms with Crippen LogP contribution in [0.1, 0.15) is 15.9 Å². The van der Waals surface area contributed by atoms with Crippen LogP contribution in [-0.2, 0) is 6.18 Å². The SMILES string of the molecule is O=C(Nc1cc(C(F)(F)F)c[nH]c1=O)c1cccc(Oc2ccccc2)c1. The number of hydrogen-bond donors (Lipinski definition) is 2. The summed E-state index contributed by atoms with van der Waals surface area (Å²) in [5.41, 5.74) is -2.28. The maximum absolute atomic E-state index is 12.8. The summed E-state index contributed by atoms with van der Waals surface area (Å²) in [6.07, 6.45) is -4.10. The molecular formula is C19H13F3N2O3. The fraction of sp³-hybridized carbons (Fsp3) is 0.0526. The van der Waals surface area contributed by atoms with Gasteiger partial charge in [-0.25, -0.2) is 0 Å². The molecule has 5 nitrogen and oxygen atoms in total. The topological polar surface area (TPSA) is 71.2 Å². The summed E-state index contributed by atoms with van der Waals surface area (Å²) in [6, 6.07) is 15.5. The first-order valence-electron chi connectivity index (χ1n) is 7.77. The minimum absolute atomic E-state index is 0.125. The van der Waals surface area contributed by atoms with E-state index in [0.29, 0.717) is 23.8 Å². The molecule has 8 heteroatoms. The number of ether oxygens (including phenoxy) is 1. The first kappa shape index (κ1) is 18.2. The van der Waals surface area contributed by atoms with Gasteiger partial charge in [-0.2, -0.15) is 13.2 Å². The molecule has 0 aliphatic heterocycles. The number of benzene rings is 2. The number of para-hydroxylation sites is 1. The van der Waals surface area contributed by atoms with Crippen molar-refractivity contribution in [3.63, 3.8) is 0 Å². The van der Waals surface area contributed by atoms with Crippen molar-refractivity contribution in [3.05, 3.63) is 88.3 Å². The molecule has 1 amide bonds. The van der Waals surface area contributed by atoms with E-state index in [1.807, 2.05) is 11.1 Å². The molecule has 0 saturated heterocycles. The van der Waals surface area contributed by atoms with Crippen molar-refractivity contribution >= 4 is 11.6 Å². The Kier molecular flexibility index (Phi) is 4.98. The van der Waals surface area contributed by atoms with Crippen LogP contribution < -0.4 is 15.6 Å². The lowest BCUT2D eigenvalue weighted by atomic mass is 10.2. The Morgan fingerprint density at radius 2 is 1.67 bits per heavy atom. The molecule has 1 heterocycles. The summed E-state index contributed by atoms with van der Waals surface area (Å²) in [7, 11) is 0. The quantitative estimate of drug-likeness (QED) is 0.709.